The third-order valence-corrected chi connectivity index (χ3v) is 2.95. The topological polar surface area (TPSA) is 99.3 Å². The number of nitrogens with zero attached hydrogens (tertiary/aromatic N) is 1. The number of H-pyrrole nitrogens is 1. The van der Waals surface area contributed by atoms with Crippen LogP contribution >= 0.6 is 0 Å². The van der Waals surface area contributed by atoms with Gasteiger partial charge in [-0.15, -0.1) is 0 Å². The minimum atomic E-state index is -1.17. The molecule has 0 amide bonds. The van der Waals surface area contributed by atoms with E-state index < -0.39 is 5.97 Å². The minimum Gasteiger partial charge on any atom is -0.508 e. The van der Waals surface area contributed by atoms with Crippen LogP contribution in [0.4, 0.5) is 0 Å². The summed E-state index contributed by atoms with van der Waals surface area (Å²) >= 11 is 0. The molecule has 2 aromatic heterocycles. The van der Waals surface area contributed by atoms with Crippen LogP contribution in [0.3, 0.4) is 0 Å². The number of phenolic OH excluding ortho intramolecular Hbond substituents is 1. The predicted molar refractivity (Wildman–Crippen MR) is 67.2 cm³/mol. The van der Waals surface area contributed by atoms with Crippen molar-refractivity contribution in [3.05, 3.63) is 35.7 Å². The average molecular weight is 258 g/mol. The first-order valence-electron chi connectivity index (χ1n) is 5.58. The number of aromatic hydroxyl groups is 1. The number of fused-ring (bicyclic) bond motifs is 1. The lowest BCUT2D eigenvalue weighted by Gasteiger charge is -1.96. The van der Waals surface area contributed by atoms with Crippen LogP contribution in [0.1, 0.15) is 16.2 Å². The van der Waals surface area contributed by atoms with Crippen LogP contribution in [0.5, 0.6) is 5.75 Å². The van der Waals surface area contributed by atoms with Crippen LogP contribution in [0, 0.1) is 6.92 Å². The number of aromatic amines is 1. The van der Waals surface area contributed by atoms with E-state index >= 15 is 0 Å². The molecule has 0 atom stereocenters. The molecule has 3 aromatic rings. The summed E-state index contributed by atoms with van der Waals surface area (Å²) in [5, 5.41) is 22.9. The molecule has 0 fully saturated rings. The predicted octanol–water partition coefficient (Wildman–Crippen LogP) is 2.54. The van der Waals surface area contributed by atoms with Crippen molar-refractivity contribution in [1.29, 1.82) is 0 Å². The molecule has 0 saturated heterocycles. The molecule has 0 aliphatic rings. The quantitative estimate of drug-likeness (QED) is 0.656. The van der Waals surface area contributed by atoms with Crippen LogP contribution in [0.2, 0.25) is 0 Å². The third kappa shape index (κ3) is 1.74. The second-order valence-corrected chi connectivity index (χ2v) is 4.24. The maximum absolute atomic E-state index is 10.8. The van der Waals surface area contributed by atoms with E-state index in [4.69, 9.17) is 9.63 Å². The molecule has 6 heteroatoms. The highest BCUT2D eigenvalue weighted by atomic mass is 16.5. The fraction of sp³-hybridized carbons (Fsp3) is 0.0769. The van der Waals surface area contributed by atoms with Crippen molar-refractivity contribution in [2.45, 2.75) is 6.92 Å². The van der Waals surface area contributed by atoms with Crippen LogP contribution in [0.15, 0.2) is 28.8 Å². The van der Waals surface area contributed by atoms with Gasteiger partial charge in [-0.2, -0.15) is 0 Å². The van der Waals surface area contributed by atoms with Gasteiger partial charge in [0.25, 0.3) is 0 Å². The second kappa shape index (κ2) is 3.88. The molecule has 0 radical (unpaired) electrons. The lowest BCUT2D eigenvalue weighted by atomic mass is 10.1. The first-order valence-corrected chi connectivity index (χ1v) is 5.58. The zero-order valence-corrected chi connectivity index (χ0v) is 9.97. The molecule has 0 spiro atoms. The Morgan fingerprint density at radius 2 is 2.16 bits per heavy atom. The monoisotopic (exact) mass is 258 g/mol. The first-order chi connectivity index (χ1) is 9.06. The summed E-state index contributed by atoms with van der Waals surface area (Å²) in [6.45, 7) is 1.85. The number of aromatic carboxylic acids is 1. The van der Waals surface area contributed by atoms with Crippen LogP contribution in [-0.4, -0.2) is 26.3 Å². The van der Waals surface area contributed by atoms with Crippen molar-refractivity contribution in [3.63, 3.8) is 0 Å². The number of phenols is 1. The maximum Gasteiger partial charge on any atom is 0.374 e. The molecule has 2 heterocycles. The summed E-state index contributed by atoms with van der Waals surface area (Å²) in [7, 11) is 0. The number of hydrogen-bond donors (Lipinski definition) is 3. The molecule has 3 N–H and O–H groups in total. The van der Waals surface area contributed by atoms with Crippen molar-refractivity contribution in [1.82, 2.24) is 10.1 Å². The summed E-state index contributed by atoms with van der Waals surface area (Å²) in [6.07, 6.45) is 0. The fourth-order valence-electron chi connectivity index (χ4n) is 2.14. The van der Waals surface area contributed by atoms with Gasteiger partial charge in [-0.05, 0) is 25.1 Å². The molecule has 3 rings (SSSR count). The zero-order valence-electron chi connectivity index (χ0n) is 9.97. The van der Waals surface area contributed by atoms with Gasteiger partial charge in [0, 0.05) is 28.2 Å². The number of rotatable bonds is 2. The molecule has 19 heavy (non-hydrogen) atoms. The number of hydrogen-bond acceptors (Lipinski definition) is 4. The van der Waals surface area contributed by atoms with Crippen molar-refractivity contribution >= 4 is 16.9 Å². The van der Waals surface area contributed by atoms with E-state index in [1.807, 2.05) is 6.92 Å². The Labute approximate surface area is 107 Å². The molecule has 1 aromatic carbocycles. The molecule has 96 valence electrons. The largest absolute Gasteiger partial charge is 0.508 e. The standard InChI is InChI=1S/C13H10N2O4/c1-6-12(10-5-11(13(17)18)19-15-10)8-4-7(16)2-3-9(8)14-6/h2-5,14,16H,1H3,(H,17,18). The molecular weight excluding hydrogens is 248 g/mol. The highest BCUT2D eigenvalue weighted by Crippen LogP contribution is 2.33. The lowest BCUT2D eigenvalue weighted by Crippen LogP contribution is -1.91. The van der Waals surface area contributed by atoms with Crippen molar-refractivity contribution in [2.24, 2.45) is 0 Å². The van der Waals surface area contributed by atoms with Gasteiger partial charge >= 0.3 is 5.97 Å². The summed E-state index contributed by atoms with van der Waals surface area (Å²) in [4.78, 5) is 14.0. The Balaban J connectivity index is 2.25. The number of aryl methyl sites for hydroxylation is 1. The smallest absolute Gasteiger partial charge is 0.374 e. The second-order valence-electron chi connectivity index (χ2n) is 4.24. The normalized spacial score (nSPS) is 11.0. The Kier molecular flexibility index (Phi) is 2.31. The Bertz CT molecular complexity index is 785. The van der Waals surface area contributed by atoms with Gasteiger partial charge in [-0.25, -0.2) is 4.79 Å². The zero-order chi connectivity index (χ0) is 13.6. The number of carboxylic acid groups (broad SMARTS) is 1. The molecule has 0 unspecified atom stereocenters. The number of carbonyl (C=O) groups is 1. The van der Waals surface area contributed by atoms with E-state index in [0.717, 1.165) is 22.2 Å². The van der Waals surface area contributed by atoms with E-state index in [1.54, 1.807) is 18.2 Å². The van der Waals surface area contributed by atoms with Crippen molar-refractivity contribution in [2.75, 3.05) is 0 Å². The minimum absolute atomic E-state index is 0.134. The highest BCUT2D eigenvalue weighted by molar-refractivity contribution is 5.98. The van der Waals surface area contributed by atoms with E-state index in [1.165, 1.54) is 6.07 Å². The van der Waals surface area contributed by atoms with Gasteiger partial charge in [-0.3, -0.25) is 0 Å². The number of aromatic nitrogens is 2. The van der Waals surface area contributed by atoms with Gasteiger partial charge in [0.2, 0.25) is 5.76 Å². The van der Waals surface area contributed by atoms with E-state index in [-0.39, 0.29) is 11.5 Å². The van der Waals surface area contributed by atoms with E-state index in [0.29, 0.717) is 5.69 Å². The lowest BCUT2D eigenvalue weighted by molar-refractivity contribution is 0.0652. The van der Waals surface area contributed by atoms with Crippen molar-refractivity contribution < 1.29 is 19.5 Å². The van der Waals surface area contributed by atoms with Gasteiger partial charge in [0.15, 0.2) is 0 Å². The van der Waals surface area contributed by atoms with Gasteiger partial charge in [0.1, 0.15) is 11.4 Å². The Morgan fingerprint density at radius 3 is 2.84 bits per heavy atom. The SMILES string of the molecule is Cc1[nH]c2ccc(O)cc2c1-c1cc(C(=O)O)on1. The van der Waals surface area contributed by atoms with E-state index in [9.17, 15) is 9.90 Å². The van der Waals surface area contributed by atoms with Crippen LogP contribution < -0.4 is 0 Å². The third-order valence-electron chi connectivity index (χ3n) is 2.95. The van der Waals surface area contributed by atoms with E-state index in [2.05, 4.69) is 10.1 Å². The highest BCUT2D eigenvalue weighted by Gasteiger charge is 2.17. The van der Waals surface area contributed by atoms with Crippen LogP contribution in [-0.2, 0) is 0 Å². The summed E-state index contributed by atoms with van der Waals surface area (Å²) < 4.78 is 4.76. The molecule has 0 bridgehead atoms. The summed E-state index contributed by atoms with van der Waals surface area (Å²) in [5.41, 5.74) is 2.81. The molecular formula is C13H10N2O4. The molecule has 0 saturated carbocycles. The number of benzene rings is 1. The van der Waals surface area contributed by atoms with Gasteiger partial charge in [0.05, 0.1) is 0 Å². The average Bonchev–Trinajstić information content (AvgIpc) is 2.92. The molecule has 0 aliphatic carbocycles. The molecule has 0 aliphatic heterocycles. The van der Waals surface area contributed by atoms with Crippen LogP contribution in [0.25, 0.3) is 22.2 Å². The van der Waals surface area contributed by atoms with Gasteiger partial charge < -0.3 is 19.7 Å². The fourth-order valence-corrected chi connectivity index (χ4v) is 2.14. The Hall–Kier alpha value is -2.76. The first kappa shape index (κ1) is 11.3. The summed E-state index contributed by atoms with van der Waals surface area (Å²) in [5.74, 6) is -1.25. The maximum atomic E-state index is 10.8. The Morgan fingerprint density at radius 1 is 1.37 bits per heavy atom. The van der Waals surface area contributed by atoms with Gasteiger partial charge in [-0.1, -0.05) is 5.16 Å². The number of nitrogens with one attached hydrogen (secondary N) is 1. The molecule has 6 nitrogen and oxygen atoms in total. The number of carboxylic acids is 1. The van der Waals surface area contributed by atoms with Crippen molar-refractivity contribution in [3.8, 4) is 17.0 Å². The summed E-state index contributed by atoms with van der Waals surface area (Å²) in [6, 6.07) is 6.29.